The lowest BCUT2D eigenvalue weighted by molar-refractivity contribution is -0.118. The summed E-state index contributed by atoms with van der Waals surface area (Å²) in [6.07, 6.45) is 4.54. The summed E-state index contributed by atoms with van der Waals surface area (Å²) in [4.78, 5) is 16.1. The number of ketones is 1. The lowest BCUT2D eigenvalue weighted by atomic mass is 9.93. The van der Waals surface area contributed by atoms with Crippen LogP contribution < -0.4 is 9.47 Å². The molecule has 1 aromatic heterocycles. The van der Waals surface area contributed by atoms with Gasteiger partial charge in [-0.15, -0.1) is 0 Å². The lowest BCUT2D eigenvalue weighted by Gasteiger charge is -2.34. The summed E-state index contributed by atoms with van der Waals surface area (Å²) in [6.45, 7) is 5.20. The molecule has 0 unspecified atom stereocenters. The third-order valence-corrected chi connectivity index (χ3v) is 10.3. The van der Waals surface area contributed by atoms with Crippen molar-refractivity contribution in [2.45, 2.75) is 63.9 Å². The third kappa shape index (κ3) is 4.78. The minimum absolute atomic E-state index is 0.103. The number of pyridine rings is 1. The minimum Gasteiger partial charge on any atom is -0.490 e. The van der Waals surface area contributed by atoms with E-state index in [-0.39, 0.29) is 46.7 Å². The number of hydrogen-bond acceptors (Lipinski definition) is 6. The number of sulfone groups is 1. The van der Waals surface area contributed by atoms with Gasteiger partial charge in [-0.3, -0.25) is 4.79 Å². The minimum atomic E-state index is -3.07. The zero-order valence-corrected chi connectivity index (χ0v) is 23.6. The number of rotatable bonds is 8. The smallest absolute Gasteiger partial charge is 0.213 e. The molecule has 0 N–H and O–H groups in total. The molecule has 3 atom stereocenters. The molecule has 6 rings (SSSR count). The molecule has 0 spiro atoms. The van der Waals surface area contributed by atoms with Gasteiger partial charge < -0.3 is 9.47 Å². The van der Waals surface area contributed by atoms with E-state index >= 15 is 4.39 Å². The van der Waals surface area contributed by atoms with E-state index in [1.54, 1.807) is 25.3 Å². The van der Waals surface area contributed by atoms with Crippen LogP contribution in [0.2, 0.25) is 0 Å². The summed E-state index contributed by atoms with van der Waals surface area (Å²) in [6, 6.07) is 7.80. The summed E-state index contributed by atoms with van der Waals surface area (Å²) in [5.41, 5.74) is 4.84. The molecule has 2 aromatic carbocycles. The molecule has 1 heterocycles. The molecule has 0 radical (unpaired) electrons. The van der Waals surface area contributed by atoms with E-state index in [0.29, 0.717) is 36.0 Å². The Hall–Kier alpha value is -3.33. The summed E-state index contributed by atoms with van der Waals surface area (Å²) in [7, 11) is -3.07. The van der Waals surface area contributed by atoms with Crippen molar-refractivity contribution in [1.29, 1.82) is 0 Å². The number of benzene rings is 2. The van der Waals surface area contributed by atoms with Gasteiger partial charge in [0.2, 0.25) is 5.88 Å². The maximum atomic E-state index is 15.0. The number of hydrogen-bond donors (Lipinski definition) is 0. The van der Waals surface area contributed by atoms with Crippen LogP contribution >= 0.6 is 0 Å². The molecular formula is C31H31F2NO5S. The normalized spacial score (nSPS) is 24.6. The highest BCUT2D eigenvalue weighted by atomic mass is 32.2. The predicted octanol–water partition coefficient (Wildman–Crippen LogP) is 5.65. The second-order valence-corrected chi connectivity index (χ2v) is 13.9. The van der Waals surface area contributed by atoms with Crippen LogP contribution in [-0.2, 0) is 27.7 Å². The van der Waals surface area contributed by atoms with Gasteiger partial charge in [-0.05, 0) is 85.0 Å². The van der Waals surface area contributed by atoms with E-state index in [2.05, 4.69) is 4.98 Å². The van der Waals surface area contributed by atoms with E-state index in [4.69, 9.17) is 9.47 Å². The average Bonchev–Trinajstić information content (AvgIpc) is 3.43. The van der Waals surface area contributed by atoms with Gasteiger partial charge in [-0.1, -0.05) is 0 Å². The highest BCUT2D eigenvalue weighted by molar-refractivity contribution is 7.91. The van der Waals surface area contributed by atoms with Gasteiger partial charge >= 0.3 is 0 Å². The zero-order valence-electron chi connectivity index (χ0n) is 22.8. The van der Waals surface area contributed by atoms with Crippen molar-refractivity contribution in [2.24, 2.45) is 11.8 Å². The second kappa shape index (κ2) is 9.65. The second-order valence-electron chi connectivity index (χ2n) is 11.6. The van der Waals surface area contributed by atoms with Crippen molar-refractivity contribution in [2.75, 3.05) is 6.26 Å². The molecule has 3 aliphatic carbocycles. The van der Waals surface area contributed by atoms with Gasteiger partial charge in [0.25, 0.3) is 0 Å². The third-order valence-electron chi connectivity index (χ3n) is 8.70. The average molecular weight is 568 g/mol. The number of fused-ring (bicyclic) bond motifs is 3. The fraction of sp³-hybridized carbons (Fsp3) is 0.419. The number of ether oxygens (including phenoxy) is 2. The standard InChI is InChI=1S/C31H31F2NO5S/c1-15-5-20(39-21-10-22(11-21)40(4,36)37)6-16(2)29(15)23-8-19(26(32)12-27(23)33)14-38-28-9-18-7-24-30(17(3)35)31(24)25(18)13-34-28/h5-6,8-9,12-13,21-22,24,30-31H,7,10-11,14H2,1-4H3/t21?,22?,24-,30-,31+/m0/s1. The molecular weight excluding hydrogens is 536 g/mol. The van der Waals surface area contributed by atoms with Gasteiger partial charge in [0, 0.05) is 54.5 Å². The Bertz CT molecular complexity index is 1620. The number of halogens is 2. The SMILES string of the molecule is CC(=O)[C@H]1[C@@H]2Cc3cc(OCc4cc(-c5c(C)cc(OC6CC(S(C)(=O)=O)C6)cc5C)c(F)cc4F)ncc3[C@@H]21. The molecule has 0 amide bonds. The molecule has 0 aliphatic heterocycles. The van der Waals surface area contributed by atoms with Crippen molar-refractivity contribution in [1.82, 2.24) is 4.98 Å². The van der Waals surface area contributed by atoms with Crippen LogP contribution in [0, 0.1) is 37.3 Å². The van der Waals surface area contributed by atoms with Crippen LogP contribution in [0.15, 0.2) is 36.5 Å². The first-order valence-corrected chi connectivity index (χ1v) is 15.4. The van der Waals surface area contributed by atoms with Crippen LogP contribution in [-0.4, -0.2) is 36.8 Å². The van der Waals surface area contributed by atoms with Crippen molar-refractivity contribution >= 4 is 15.6 Å². The van der Waals surface area contributed by atoms with E-state index < -0.39 is 21.5 Å². The summed E-state index contributed by atoms with van der Waals surface area (Å²) in [5.74, 6) is 0.516. The Balaban J connectivity index is 1.18. The molecule has 0 saturated heterocycles. The van der Waals surface area contributed by atoms with E-state index in [1.807, 2.05) is 19.9 Å². The van der Waals surface area contributed by atoms with Gasteiger partial charge in [0.15, 0.2) is 9.84 Å². The van der Waals surface area contributed by atoms with Crippen LogP contribution in [0.1, 0.15) is 53.5 Å². The summed E-state index contributed by atoms with van der Waals surface area (Å²) >= 11 is 0. The predicted molar refractivity (Wildman–Crippen MR) is 146 cm³/mol. The highest BCUT2D eigenvalue weighted by Gasteiger charge is 2.58. The first kappa shape index (κ1) is 26.9. The van der Waals surface area contributed by atoms with E-state index in [9.17, 15) is 17.6 Å². The fourth-order valence-electron chi connectivity index (χ4n) is 6.52. The Morgan fingerprint density at radius 3 is 2.40 bits per heavy atom. The number of carbonyl (C=O) groups excluding carboxylic acids is 1. The molecule has 3 aromatic rings. The largest absolute Gasteiger partial charge is 0.490 e. The van der Waals surface area contributed by atoms with Crippen LogP contribution in [0.5, 0.6) is 11.6 Å². The van der Waals surface area contributed by atoms with Crippen LogP contribution in [0.4, 0.5) is 8.78 Å². The van der Waals surface area contributed by atoms with E-state index in [1.165, 1.54) is 12.3 Å². The number of carbonyl (C=O) groups is 1. The van der Waals surface area contributed by atoms with Gasteiger partial charge in [0.1, 0.15) is 35.9 Å². The van der Waals surface area contributed by atoms with Gasteiger partial charge in [0.05, 0.1) is 5.25 Å². The molecule has 210 valence electrons. The Labute approximate surface area is 232 Å². The number of aromatic nitrogens is 1. The Morgan fingerprint density at radius 1 is 1.05 bits per heavy atom. The monoisotopic (exact) mass is 567 g/mol. The van der Waals surface area contributed by atoms with Gasteiger partial charge in [-0.2, -0.15) is 0 Å². The molecule has 40 heavy (non-hydrogen) atoms. The Kier molecular flexibility index (Phi) is 6.48. The topological polar surface area (TPSA) is 82.6 Å². The highest BCUT2D eigenvalue weighted by Crippen LogP contribution is 2.61. The van der Waals surface area contributed by atoms with E-state index in [0.717, 1.165) is 34.7 Å². The molecule has 0 bridgehead atoms. The van der Waals surface area contributed by atoms with Crippen LogP contribution in [0.3, 0.4) is 0 Å². The fourth-order valence-corrected chi connectivity index (χ4v) is 7.65. The van der Waals surface area contributed by atoms with Crippen molar-refractivity contribution < 1.29 is 31.5 Å². The zero-order chi connectivity index (χ0) is 28.5. The maximum absolute atomic E-state index is 15.0. The lowest BCUT2D eigenvalue weighted by Crippen LogP contribution is -2.42. The number of nitrogens with zero attached hydrogens (tertiary/aromatic N) is 1. The first-order chi connectivity index (χ1) is 18.9. The number of aryl methyl sites for hydroxylation is 2. The molecule has 3 aliphatic rings. The van der Waals surface area contributed by atoms with Crippen LogP contribution in [0.25, 0.3) is 11.1 Å². The van der Waals surface area contributed by atoms with Crippen molar-refractivity contribution in [3.8, 4) is 22.8 Å². The van der Waals surface area contributed by atoms with Crippen molar-refractivity contribution in [3.63, 3.8) is 0 Å². The molecule has 9 heteroatoms. The number of Topliss-reactive ketones (excluding diaryl/α,β-unsaturated/α-hetero) is 1. The summed E-state index contributed by atoms with van der Waals surface area (Å²) < 4.78 is 65.0. The molecule has 2 saturated carbocycles. The van der Waals surface area contributed by atoms with Crippen molar-refractivity contribution in [3.05, 3.63) is 76.0 Å². The Morgan fingerprint density at radius 2 is 1.75 bits per heavy atom. The maximum Gasteiger partial charge on any atom is 0.213 e. The van der Waals surface area contributed by atoms with Gasteiger partial charge in [-0.25, -0.2) is 22.2 Å². The quantitative estimate of drug-likeness (QED) is 0.350. The molecule has 2 fully saturated rings. The summed E-state index contributed by atoms with van der Waals surface area (Å²) in [5, 5.41) is -0.371. The molecule has 6 nitrogen and oxygen atoms in total. The first-order valence-electron chi connectivity index (χ1n) is 13.5.